The molecule has 132 valence electrons. The average Bonchev–Trinajstić information content (AvgIpc) is 3.21. The van der Waals surface area contributed by atoms with Gasteiger partial charge in [-0.3, -0.25) is 9.69 Å². The van der Waals surface area contributed by atoms with Crippen molar-refractivity contribution >= 4 is 23.7 Å². The lowest BCUT2D eigenvalue weighted by Crippen LogP contribution is -2.38. The minimum Gasteiger partial charge on any atom is -0.484 e. The van der Waals surface area contributed by atoms with Crippen LogP contribution < -0.4 is 10.1 Å². The zero-order chi connectivity index (χ0) is 17.8. The highest BCUT2D eigenvalue weighted by molar-refractivity contribution is 8.00. The van der Waals surface area contributed by atoms with Gasteiger partial charge in [0.2, 0.25) is 5.91 Å². The third-order valence-electron chi connectivity index (χ3n) is 3.55. The summed E-state index contributed by atoms with van der Waals surface area (Å²) in [5.41, 5.74) is 1.09. The SMILES string of the molecule is Cc1cccc(OCc2nnc(S[C@@H](C)C(=O)N3CCNC3=O)o2)c1. The Morgan fingerprint density at radius 1 is 1.48 bits per heavy atom. The summed E-state index contributed by atoms with van der Waals surface area (Å²) in [6, 6.07) is 7.28. The van der Waals surface area contributed by atoms with Gasteiger partial charge in [0.25, 0.3) is 11.1 Å². The molecule has 1 fully saturated rings. The van der Waals surface area contributed by atoms with E-state index in [2.05, 4.69) is 15.5 Å². The third kappa shape index (κ3) is 4.30. The molecule has 0 bridgehead atoms. The summed E-state index contributed by atoms with van der Waals surface area (Å²) in [5.74, 6) is 0.759. The number of aryl methyl sites for hydroxylation is 1. The van der Waals surface area contributed by atoms with Crippen LogP contribution in [-0.4, -0.2) is 45.4 Å². The number of nitrogens with one attached hydrogen (secondary N) is 1. The summed E-state index contributed by atoms with van der Waals surface area (Å²) in [4.78, 5) is 25.0. The zero-order valence-corrected chi connectivity index (χ0v) is 14.7. The number of nitrogens with zero attached hydrogens (tertiary/aromatic N) is 3. The van der Waals surface area contributed by atoms with Crippen molar-refractivity contribution in [1.82, 2.24) is 20.4 Å². The molecule has 25 heavy (non-hydrogen) atoms. The number of rotatable bonds is 6. The molecule has 9 heteroatoms. The van der Waals surface area contributed by atoms with Crippen LogP contribution in [0, 0.1) is 6.92 Å². The molecule has 3 rings (SSSR count). The van der Waals surface area contributed by atoms with Crippen LogP contribution in [0.3, 0.4) is 0 Å². The van der Waals surface area contributed by atoms with E-state index in [0.29, 0.717) is 19.0 Å². The maximum absolute atomic E-state index is 12.2. The lowest BCUT2D eigenvalue weighted by atomic mass is 10.2. The molecule has 2 heterocycles. The number of amides is 3. The fourth-order valence-corrected chi connectivity index (χ4v) is 3.06. The van der Waals surface area contributed by atoms with Crippen LogP contribution in [-0.2, 0) is 11.4 Å². The standard InChI is InChI=1S/C16H18N4O4S/c1-10-4-3-5-12(8-10)23-9-13-18-19-16(24-13)25-11(2)14(21)20-7-6-17-15(20)22/h3-5,8,11H,6-7,9H2,1-2H3,(H,17,22)/t11-/m0/s1. The lowest BCUT2D eigenvalue weighted by Gasteiger charge is -2.15. The van der Waals surface area contributed by atoms with Crippen LogP contribution in [0.25, 0.3) is 0 Å². The van der Waals surface area contributed by atoms with E-state index in [-0.39, 0.29) is 23.8 Å². The summed E-state index contributed by atoms with van der Waals surface area (Å²) in [6.07, 6.45) is 0. The first kappa shape index (κ1) is 17.3. The number of aromatic nitrogens is 2. The van der Waals surface area contributed by atoms with Gasteiger partial charge >= 0.3 is 6.03 Å². The predicted molar refractivity (Wildman–Crippen MR) is 90.2 cm³/mol. The Balaban J connectivity index is 1.54. The Bertz CT molecular complexity index is 779. The van der Waals surface area contributed by atoms with Gasteiger partial charge < -0.3 is 14.5 Å². The van der Waals surface area contributed by atoms with E-state index in [1.807, 2.05) is 31.2 Å². The van der Waals surface area contributed by atoms with Gasteiger partial charge in [-0.15, -0.1) is 10.2 Å². The van der Waals surface area contributed by atoms with Crippen molar-refractivity contribution < 1.29 is 18.7 Å². The van der Waals surface area contributed by atoms with Crippen molar-refractivity contribution in [2.45, 2.75) is 30.9 Å². The van der Waals surface area contributed by atoms with Crippen molar-refractivity contribution in [2.75, 3.05) is 13.1 Å². The van der Waals surface area contributed by atoms with Crippen LogP contribution in [0.4, 0.5) is 4.79 Å². The van der Waals surface area contributed by atoms with E-state index in [0.717, 1.165) is 23.1 Å². The van der Waals surface area contributed by atoms with Crippen LogP contribution in [0.5, 0.6) is 5.75 Å². The monoisotopic (exact) mass is 362 g/mol. The third-order valence-corrected chi connectivity index (χ3v) is 4.47. The number of urea groups is 1. The maximum Gasteiger partial charge on any atom is 0.324 e. The summed E-state index contributed by atoms with van der Waals surface area (Å²) in [6.45, 7) is 4.68. The molecule has 0 spiro atoms. The van der Waals surface area contributed by atoms with Gasteiger partial charge in [0.15, 0.2) is 6.61 Å². The molecule has 1 N–H and O–H groups in total. The van der Waals surface area contributed by atoms with Crippen molar-refractivity contribution in [3.63, 3.8) is 0 Å². The number of hydrogen-bond acceptors (Lipinski definition) is 7. The summed E-state index contributed by atoms with van der Waals surface area (Å²) in [7, 11) is 0. The molecule has 1 aliphatic heterocycles. The fourth-order valence-electron chi connectivity index (χ4n) is 2.30. The molecular formula is C16H18N4O4S. The Labute approximate surface area is 148 Å². The quantitative estimate of drug-likeness (QED) is 0.785. The van der Waals surface area contributed by atoms with E-state index < -0.39 is 5.25 Å². The van der Waals surface area contributed by atoms with Gasteiger partial charge in [0.1, 0.15) is 5.75 Å². The van der Waals surface area contributed by atoms with Gasteiger partial charge in [-0.2, -0.15) is 0 Å². The molecular weight excluding hydrogens is 344 g/mol. The number of benzene rings is 1. The Morgan fingerprint density at radius 2 is 2.32 bits per heavy atom. The van der Waals surface area contributed by atoms with E-state index in [4.69, 9.17) is 9.15 Å². The highest BCUT2D eigenvalue weighted by Gasteiger charge is 2.31. The first-order valence-electron chi connectivity index (χ1n) is 7.80. The second kappa shape index (κ2) is 7.56. The van der Waals surface area contributed by atoms with Crippen LogP contribution in [0.1, 0.15) is 18.4 Å². The first-order chi connectivity index (χ1) is 12.0. The molecule has 1 aromatic carbocycles. The number of hydrogen-bond donors (Lipinski definition) is 1. The Morgan fingerprint density at radius 3 is 3.04 bits per heavy atom. The van der Waals surface area contributed by atoms with Gasteiger partial charge in [-0.25, -0.2) is 4.79 Å². The highest BCUT2D eigenvalue weighted by atomic mass is 32.2. The second-order valence-corrected chi connectivity index (χ2v) is 6.84. The first-order valence-corrected chi connectivity index (χ1v) is 8.68. The van der Waals surface area contributed by atoms with Crippen molar-refractivity contribution in [2.24, 2.45) is 0 Å². The van der Waals surface area contributed by atoms with Crippen LogP contribution in [0.15, 0.2) is 33.9 Å². The second-order valence-electron chi connectivity index (χ2n) is 5.55. The molecule has 1 aliphatic rings. The van der Waals surface area contributed by atoms with E-state index in [9.17, 15) is 9.59 Å². The molecule has 3 amide bonds. The van der Waals surface area contributed by atoms with Crippen molar-refractivity contribution in [3.8, 4) is 5.75 Å². The van der Waals surface area contributed by atoms with Gasteiger partial charge in [0, 0.05) is 13.1 Å². The fraction of sp³-hybridized carbons (Fsp3) is 0.375. The van der Waals surface area contributed by atoms with Gasteiger partial charge in [0.05, 0.1) is 5.25 Å². The molecule has 0 radical (unpaired) electrons. The number of carbonyl (C=O) groups excluding carboxylic acids is 2. The van der Waals surface area contributed by atoms with Crippen molar-refractivity contribution in [3.05, 3.63) is 35.7 Å². The minimum atomic E-state index is -0.505. The van der Waals surface area contributed by atoms with E-state index in [1.165, 1.54) is 4.90 Å². The zero-order valence-electron chi connectivity index (χ0n) is 13.9. The minimum absolute atomic E-state index is 0.147. The molecule has 8 nitrogen and oxygen atoms in total. The molecule has 1 aromatic heterocycles. The maximum atomic E-state index is 12.2. The normalized spacial score (nSPS) is 15.1. The molecule has 1 atom stereocenters. The summed E-state index contributed by atoms with van der Waals surface area (Å²) >= 11 is 1.12. The van der Waals surface area contributed by atoms with Gasteiger partial charge in [-0.1, -0.05) is 23.9 Å². The van der Waals surface area contributed by atoms with E-state index in [1.54, 1.807) is 6.92 Å². The largest absolute Gasteiger partial charge is 0.484 e. The summed E-state index contributed by atoms with van der Waals surface area (Å²) < 4.78 is 11.1. The smallest absolute Gasteiger partial charge is 0.324 e. The van der Waals surface area contributed by atoms with Crippen LogP contribution in [0.2, 0.25) is 0 Å². The average molecular weight is 362 g/mol. The molecule has 0 unspecified atom stereocenters. The number of imide groups is 1. The van der Waals surface area contributed by atoms with Crippen molar-refractivity contribution in [1.29, 1.82) is 0 Å². The number of thioether (sulfide) groups is 1. The lowest BCUT2D eigenvalue weighted by molar-refractivity contribution is -0.126. The summed E-state index contributed by atoms with van der Waals surface area (Å²) in [5, 5.41) is 10.2. The molecule has 2 aromatic rings. The van der Waals surface area contributed by atoms with E-state index >= 15 is 0 Å². The number of ether oxygens (including phenoxy) is 1. The Hall–Kier alpha value is -2.55. The predicted octanol–water partition coefficient (Wildman–Crippen LogP) is 1.99. The van der Waals surface area contributed by atoms with Crippen LogP contribution >= 0.6 is 11.8 Å². The molecule has 1 saturated heterocycles. The Kier molecular flexibility index (Phi) is 5.22. The molecule has 0 aliphatic carbocycles. The van der Waals surface area contributed by atoms with Gasteiger partial charge in [-0.05, 0) is 31.5 Å². The highest BCUT2D eigenvalue weighted by Crippen LogP contribution is 2.24. The molecule has 0 saturated carbocycles. The number of carbonyl (C=O) groups is 2. The topological polar surface area (TPSA) is 97.6 Å².